The number of carbonyl (C=O) groups excluding carboxylic acids is 1. The van der Waals surface area contributed by atoms with Gasteiger partial charge >= 0.3 is 5.97 Å². The van der Waals surface area contributed by atoms with Crippen molar-refractivity contribution in [3.8, 4) is 0 Å². The summed E-state index contributed by atoms with van der Waals surface area (Å²) < 4.78 is 5.34. The second-order valence-corrected chi connectivity index (χ2v) is 7.37. The lowest BCUT2D eigenvalue weighted by molar-refractivity contribution is -0.138. The molecule has 2 aromatic carbocycles. The maximum absolute atomic E-state index is 12.6. The van der Waals surface area contributed by atoms with Crippen LogP contribution in [-0.4, -0.2) is 23.5 Å². The Labute approximate surface area is 172 Å². The van der Waals surface area contributed by atoms with E-state index in [1.807, 2.05) is 31.2 Å². The number of benzene rings is 2. The molecule has 0 spiro atoms. The minimum Gasteiger partial charge on any atom is -0.463 e. The number of carbonyl (C=O) groups is 1. The number of rotatable bonds is 6. The highest BCUT2D eigenvalue weighted by molar-refractivity contribution is 5.91. The quantitative estimate of drug-likeness (QED) is 0.700. The van der Waals surface area contributed by atoms with Crippen LogP contribution in [-0.2, 0) is 9.53 Å². The Morgan fingerprint density at radius 2 is 2.00 bits per heavy atom. The van der Waals surface area contributed by atoms with Gasteiger partial charge in [-0.3, -0.25) is 0 Å². The molecule has 0 aliphatic carbocycles. The van der Waals surface area contributed by atoms with Crippen molar-refractivity contribution in [2.24, 2.45) is 0 Å². The van der Waals surface area contributed by atoms with Gasteiger partial charge in [0, 0.05) is 18.3 Å². The molecule has 148 valence electrons. The number of nitrogens with zero attached hydrogens (tertiary/aromatic N) is 1. The highest BCUT2D eigenvalue weighted by Gasteiger charge is 2.39. The van der Waals surface area contributed by atoms with E-state index in [1.54, 1.807) is 0 Å². The molecule has 0 amide bonds. The van der Waals surface area contributed by atoms with Gasteiger partial charge in [0.25, 0.3) is 0 Å². The van der Waals surface area contributed by atoms with Crippen LogP contribution >= 0.6 is 0 Å². The highest BCUT2D eigenvalue weighted by atomic mass is 16.5. The Morgan fingerprint density at radius 3 is 2.76 bits per heavy atom. The summed E-state index contributed by atoms with van der Waals surface area (Å²) in [5.74, 6) is -0.225. The summed E-state index contributed by atoms with van der Waals surface area (Å²) in [6.07, 6.45) is 8.67. The van der Waals surface area contributed by atoms with Gasteiger partial charge in [-0.1, -0.05) is 48.5 Å². The number of esters is 1. The van der Waals surface area contributed by atoms with Crippen molar-refractivity contribution in [2.45, 2.75) is 32.4 Å². The first-order valence-electron chi connectivity index (χ1n) is 10.1. The monoisotopic (exact) mass is 386 g/mol. The van der Waals surface area contributed by atoms with Crippen LogP contribution in [0.3, 0.4) is 0 Å². The molecule has 1 unspecified atom stereocenters. The Balaban J connectivity index is 1.70. The average molecular weight is 386 g/mol. The van der Waals surface area contributed by atoms with E-state index in [0.717, 1.165) is 17.0 Å². The summed E-state index contributed by atoms with van der Waals surface area (Å²) in [4.78, 5) is 14.8. The zero-order chi connectivity index (χ0) is 20.2. The van der Waals surface area contributed by atoms with Crippen LogP contribution in [0.4, 0.5) is 5.69 Å². The SMILES string of the molecule is CCOC(=O)C1=C2C=CC=CN2[C@H](C(Nc2cccc(C)c2)c2ccccc2)C1. The second kappa shape index (κ2) is 8.39. The fraction of sp³-hybridized carbons (Fsp3) is 0.240. The standard InChI is InChI=1S/C25H26N2O2/c1-3-29-25(28)21-17-23(27-15-8-7-14-22(21)27)24(19-11-5-4-6-12-19)26-20-13-9-10-18(2)16-20/h4-16,23-24,26H,3,17H2,1-2H3/t23-,24?/m0/s1. The van der Waals surface area contributed by atoms with Crippen molar-refractivity contribution in [1.82, 2.24) is 4.90 Å². The summed E-state index contributed by atoms with van der Waals surface area (Å²) in [6.45, 7) is 4.31. The Kier molecular flexibility index (Phi) is 5.52. The van der Waals surface area contributed by atoms with Crippen molar-refractivity contribution in [3.63, 3.8) is 0 Å². The summed E-state index contributed by atoms with van der Waals surface area (Å²) in [5.41, 5.74) is 5.14. The number of hydrogen-bond acceptors (Lipinski definition) is 4. The van der Waals surface area contributed by atoms with Crippen LogP contribution in [0, 0.1) is 6.92 Å². The van der Waals surface area contributed by atoms with Gasteiger partial charge in [-0.2, -0.15) is 0 Å². The van der Waals surface area contributed by atoms with Crippen molar-refractivity contribution in [2.75, 3.05) is 11.9 Å². The molecular weight excluding hydrogens is 360 g/mol. The molecule has 2 aromatic rings. The first-order valence-corrected chi connectivity index (χ1v) is 10.1. The summed E-state index contributed by atoms with van der Waals surface area (Å²) in [6, 6.07) is 18.9. The van der Waals surface area contributed by atoms with Crippen LogP contribution < -0.4 is 5.32 Å². The number of nitrogens with one attached hydrogen (secondary N) is 1. The molecule has 0 saturated carbocycles. The van der Waals surface area contributed by atoms with E-state index >= 15 is 0 Å². The van der Waals surface area contributed by atoms with Gasteiger partial charge in [0.1, 0.15) is 0 Å². The molecule has 2 atom stereocenters. The third kappa shape index (κ3) is 3.97. The molecule has 2 heterocycles. The molecule has 2 aliphatic heterocycles. The predicted octanol–water partition coefficient (Wildman–Crippen LogP) is 5.12. The van der Waals surface area contributed by atoms with Gasteiger partial charge in [-0.25, -0.2) is 4.79 Å². The average Bonchev–Trinajstić information content (AvgIpc) is 3.13. The van der Waals surface area contributed by atoms with E-state index in [0.29, 0.717) is 13.0 Å². The topological polar surface area (TPSA) is 41.6 Å². The number of allylic oxidation sites excluding steroid dienone is 3. The second-order valence-electron chi connectivity index (χ2n) is 7.37. The van der Waals surface area contributed by atoms with Gasteiger partial charge < -0.3 is 15.0 Å². The van der Waals surface area contributed by atoms with E-state index < -0.39 is 0 Å². The molecule has 29 heavy (non-hydrogen) atoms. The molecule has 4 heteroatoms. The summed E-state index contributed by atoms with van der Waals surface area (Å²) >= 11 is 0. The number of hydrogen-bond donors (Lipinski definition) is 1. The van der Waals surface area contributed by atoms with Crippen LogP contribution in [0.2, 0.25) is 0 Å². The molecule has 0 bridgehead atoms. The normalized spacial score (nSPS) is 18.6. The largest absolute Gasteiger partial charge is 0.463 e. The minimum absolute atomic E-state index is 0.0103. The van der Waals surface area contributed by atoms with Gasteiger partial charge in [-0.15, -0.1) is 0 Å². The minimum atomic E-state index is -0.225. The van der Waals surface area contributed by atoms with Crippen LogP contribution in [0.5, 0.6) is 0 Å². The van der Waals surface area contributed by atoms with Crippen LogP contribution in [0.15, 0.2) is 90.3 Å². The van der Waals surface area contributed by atoms with E-state index in [9.17, 15) is 4.79 Å². The van der Waals surface area contributed by atoms with Gasteiger partial charge in [-0.05, 0) is 49.3 Å². The summed E-state index contributed by atoms with van der Waals surface area (Å²) in [7, 11) is 0. The van der Waals surface area contributed by atoms with Gasteiger partial charge in [0.2, 0.25) is 0 Å². The number of ether oxygens (including phenoxy) is 1. The third-order valence-corrected chi connectivity index (χ3v) is 5.38. The van der Waals surface area contributed by atoms with Gasteiger partial charge in [0.15, 0.2) is 0 Å². The lowest BCUT2D eigenvalue weighted by atomic mass is 9.95. The molecule has 0 aromatic heterocycles. The molecule has 4 nitrogen and oxygen atoms in total. The Hall–Kier alpha value is -3.27. The molecule has 0 saturated heterocycles. The van der Waals surface area contributed by atoms with Crippen LogP contribution in [0.1, 0.15) is 30.5 Å². The molecule has 4 rings (SSSR count). The third-order valence-electron chi connectivity index (χ3n) is 5.38. The lowest BCUT2D eigenvalue weighted by Gasteiger charge is -2.34. The maximum Gasteiger partial charge on any atom is 0.336 e. The lowest BCUT2D eigenvalue weighted by Crippen LogP contribution is -2.35. The fourth-order valence-corrected chi connectivity index (χ4v) is 4.07. The zero-order valence-corrected chi connectivity index (χ0v) is 16.8. The van der Waals surface area contributed by atoms with Crippen molar-refractivity contribution in [1.29, 1.82) is 0 Å². The first kappa shape index (κ1) is 19.1. The Bertz CT molecular complexity index is 975. The molecule has 0 fully saturated rings. The molecular formula is C25H26N2O2. The number of fused-ring (bicyclic) bond motifs is 1. The van der Waals surface area contributed by atoms with E-state index in [2.05, 4.69) is 71.9 Å². The van der Waals surface area contributed by atoms with Crippen molar-refractivity contribution in [3.05, 3.63) is 101 Å². The highest BCUT2D eigenvalue weighted by Crippen LogP contribution is 2.40. The fourth-order valence-electron chi connectivity index (χ4n) is 4.07. The smallest absolute Gasteiger partial charge is 0.336 e. The predicted molar refractivity (Wildman–Crippen MR) is 116 cm³/mol. The number of aryl methyl sites for hydroxylation is 1. The van der Waals surface area contributed by atoms with Crippen molar-refractivity contribution >= 4 is 11.7 Å². The zero-order valence-electron chi connectivity index (χ0n) is 16.8. The maximum atomic E-state index is 12.6. The van der Waals surface area contributed by atoms with E-state index in [1.165, 1.54) is 11.1 Å². The van der Waals surface area contributed by atoms with Gasteiger partial charge in [0.05, 0.1) is 30.0 Å². The number of anilines is 1. The Morgan fingerprint density at radius 1 is 1.17 bits per heavy atom. The summed E-state index contributed by atoms with van der Waals surface area (Å²) in [5, 5.41) is 3.72. The molecule has 2 aliphatic rings. The molecule has 0 radical (unpaired) electrons. The van der Waals surface area contributed by atoms with E-state index in [-0.39, 0.29) is 18.1 Å². The van der Waals surface area contributed by atoms with Crippen LogP contribution in [0.25, 0.3) is 0 Å². The molecule has 1 N–H and O–H groups in total. The van der Waals surface area contributed by atoms with Crippen molar-refractivity contribution < 1.29 is 9.53 Å². The van der Waals surface area contributed by atoms with E-state index in [4.69, 9.17) is 4.74 Å². The first-order chi connectivity index (χ1) is 14.2.